The number of amides is 1. The molecule has 0 saturated carbocycles. The molecule has 0 bridgehead atoms. The van der Waals surface area contributed by atoms with Crippen molar-refractivity contribution in [2.24, 2.45) is 11.8 Å². The molecule has 1 fully saturated rings. The Balaban J connectivity index is 1.70. The van der Waals surface area contributed by atoms with Crippen LogP contribution in [-0.2, 0) is 11.3 Å². The summed E-state index contributed by atoms with van der Waals surface area (Å²) in [5.41, 5.74) is 1.59. The van der Waals surface area contributed by atoms with Gasteiger partial charge in [0.25, 0.3) is 0 Å². The summed E-state index contributed by atoms with van der Waals surface area (Å²) in [6.07, 6.45) is -4.37. The molecular weight excluding hydrogens is 309 g/mol. The highest BCUT2D eigenvalue weighted by molar-refractivity contribution is 5.83. The molecule has 23 heavy (non-hydrogen) atoms. The standard InChI is InChI=1S/C16H17F3N2O2/c1-9-10-4-2-3-5-13(10)23-14(9)8-21-15(22)11-6-20-7-12(11)16(17,18)19/h2-5,11-12,20H,6-8H2,1H3,(H,21,22)/t11-,12-/m1/s1. The predicted molar refractivity (Wildman–Crippen MR) is 78.7 cm³/mol. The van der Waals surface area contributed by atoms with Crippen LogP contribution in [0.5, 0.6) is 0 Å². The number of hydrogen-bond acceptors (Lipinski definition) is 3. The second-order valence-electron chi connectivity index (χ2n) is 5.78. The molecule has 0 radical (unpaired) electrons. The van der Waals surface area contributed by atoms with Crippen molar-refractivity contribution in [1.82, 2.24) is 10.6 Å². The molecule has 3 rings (SSSR count). The molecule has 0 spiro atoms. The van der Waals surface area contributed by atoms with Gasteiger partial charge in [0.05, 0.1) is 18.4 Å². The number of hydrogen-bond donors (Lipinski definition) is 2. The average molecular weight is 326 g/mol. The highest BCUT2D eigenvalue weighted by Gasteiger charge is 2.49. The van der Waals surface area contributed by atoms with Gasteiger partial charge in [-0.05, 0) is 13.0 Å². The number of carbonyl (C=O) groups is 1. The zero-order chi connectivity index (χ0) is 16.6. The fourth-order valence-corrected chi connectivity index (χ4v) is 2.99. The highest BCUT2D eigenvalue weighted by atomic mass is 19.4. The number of halogens is 3. The molecule has 2 heterocycles. The smallest absolute Gasteiger partial charge is 0.393 e. The minimum Gasteiger partial charge on any atom is -0.459 e. The zero-order valence-corrected chi connectivity index (χ0v) is 12.5. The molecule has 4 nitrogen and oxygen atoms in total. The maximum Gasteiger partial charge on any atom is 0.393 e. The Morgan fingerprint density at radius 1 is 1.35 bits per heavy atom. The van der Waals surface area contributed by atoms with Gasteiger partial charge in [-0.15, -0.1) is 0 Å². The van der Waals surface area contributed by atoms with Crippen molar-refractivity contribution < 1.29 is 22.4 Å². The maximum absolute atomic E-state index is 12.9. The van der Waals surface area contributed by atoms with E-state index in [9.17, 15) is 18.0 Å². The van der Waals surface area contributed by atoms with Crippen molar-refractivity contribution in [1.29, 1.82) is 0 Å². The van der Waals surface area contributed by atoms with E-state index in [2.05, 4.69) is 10.6 Å². The summed E-state index contributed by atoms with van der Waals surface area (Å²) < 4.78 is 44.4. The van der Waals surface area contributed by atoms with Gasteiger partial charge in [-0.25, -0.2) is 0 Å². The van der Waals surface area contributed by atoms with E-state index >= 15 is 0 Å². The average Bonchev–Trinajstić information content (AvgIpc) is 3.10. The van der Waals surface area contributed by atoms with Gasteiger partial charge >= 0.3 is 6.18 Å². The quantitative estimate of drug-likeness (QED) is 0.912. The van der Waals surface area contributed by atoms with Gasteiger partial charge in [-0.3, -0.25) is 4.79 Å². The number of alkyl halides is 3. The number of furan rings is 1. The first-order chi connectivity index (χ1) is 10.9. The van der Waals surface area contributed by atoms with Crippen molar-refractivity contribution in [2.45, 2.75) is 19.6 Å². The second-order valence-corrected chi connectivity index (χ2v) is 5.78. The van der Waals surface area contributed by atoms with E-state index in [1.54, 1.807) is 0 Å². The number of fused-ring (bicyclic) bond motifs is 1. The van der Waals surface area contributed by atoms with Gasteiger partial charge in [-0.2, -0.15) is 13.2 Å². The number of nitrogens with one attached hydrogen (secondary N) is 2. The van der Waals surface area contributed by atoms with Gasteiger partial charge in [0.1, 0.15) is 11.3 Å². The third kappa shape index (κ3) is 3.06. The predicted octanol–water partition coefficient (Wildman–Crippen LogP) is 2.76. The Morgan fingerprint density at radius 2 is 2.09 bits per heavy atom. The van der Waals surface area contributed by atoms with Crippen LogP contribution in [-0.4, -0.2) is 25.2 Å². The molecule has 0 unspecified atom stereocenters. The molecule has 1 saturated heterocycles. The maximum atomic E-state index is 12.9. The van der Waals surface area contributed by atoms with Gasteiger partial charge in [0.2, 0.25) is 5.91 Å². The molecule has 1 aliphatic heterocycles. The third-order valence-electron chi connectivity index (χ3n) is 4.34. The Kier molecular flexibility index (Phi) is 4.06. The van der Waals surface area contributed by atoms with Crippen LogP contribution in [0.1, 0.15) is 11.3 Å². The monoisotopic (exact) mass is 326 g/mol. The summed E-state index contributed by atoms with van der Waals surface area (Å²) in [5.74, 6) is -2.77. The summed E-state index contributed by atoms with van der Waals surface area (Å²) in [6, 6.07) is 7.44. The zero-order valence-electron chi connectivity index (χ0n) is 12.5. The molecule has 0 aliphatic carbocycles. The van der Waals surface area contributed by atoms with Crippen molar-refractivity contribution in [3.05, 3.63) is 35.6 Å². The Hall–Kier alpha value is -2.02. The minimum atomic E-state index is -4.37. The topological polar surface area (TPSA) is 54.3 Å². The van der Waals surface area contributed by atoms with Crippen LogP contribution >= 0.6 is 0 Å². The van der Waals surface area contributed by atoms with E-state index in [0.29, 0.717) is 11.3 Å². The van der Waals surface area contributed by atoms with Crippen LogP contribution in [0.15, 0.2) is 28.7 Å². The van der Waals surface area contributed by atoms with Crippen LogP contribution < -0.4 is 10.6 Å². The first-order valence-corrected chi connectivity index (χ1v) is 7.40. The lowest BCUT2D eigenvalue weighted by atomic mass is 9.94. The molecular formula is C16H17F3N2O2. The summed E-state index contributed by atoms with van der Waals surface area (Å²) in [4.78, 5) is 12.1. The largest absolute Gasteiger partial charge is 0.459 e. The molecule has 1 aromatic carbocycles. The summed E-state index contributed by atoms with van der Waals surface area (Å²) >= 11 is 0. The van der Waals surface area contributed by atoms with E-state index in [1.165, 1.54) is 0 Å². The normalized spacial score (nSPS) is 21.7. The van der Waals surface area contributed by atoms with Crippen LogP contribution in [0.4, 0.5) is 13.2 Å². The van der Waals surface area contributed by atoms with Crippen LogP contribution in [0.25, 0.3) is 11.0 Å². The highest BCUT2D eigenvalue weighted by Crippen LogP contribution is 2.34. The fraction of sp³-hybridized carbons (Fsp3) is 0.438. The molecule has 1 aromatic heterocycles. The lowest BCUT2D eigenvalue weighted by molar-refractivity contribution is -0.182. The van der Waals surface area contributed by atoms with Crippen LogP contribution in [0.2, 0.25) is 0 Å². The molecule has 1 aliphatic rings. The van der Waals surface area contributed by atoms with Crippen LogP contribution in [0, 0.1) is 18.8 Å². The second kappa shape index (κ2) is 5.88. The third-order valence-corrected chi connectivity index (χ3v) is 4.34. The molecule has 7 heteroatoms. The van der Waals surface area contributed by atoms with Gasteiger partial charge < -0.3 is 15.1 Å². The van der Waals surface area contributed by atoms with E-state index < -0.39 is 23.9 Å². The number of carbonyl (C=O) groups excluding carboxylic acids is 1. The fourth-order valence-electron chi connectivity index (χ4n) is 2.99. The van der Waals surface area contributed by atoms with Crippen molar-refractivity contribution in [3.63, 3.8) is 0 Å². The SMILES string of the molecule is Cc1c(CNC(=O)[C@@H]2CNC[C@H]2C(F)(F)F)oc2ccccc12. The summed E-state index contributed by atoms with van der Waals surface area (Å²) in [7, 11) is 0. The number of para-hydroxylation sites is 1. The van der Waals surface area contributed by atoms with E-state index in [0.717, 1.165) is 10.9 Å². The Morgan fingerprint density at radius 3 is 2.78 bits per heavy atom. The van der Waals surface area contributed by atoms with E-state index in [4.69, 9.17) is 4.42 Å². The summed E-state index contributed by atoms with van der Waals surface area (Å²) in [5, 5.41) is 6.15. The Labute approximate surface area is 131 Å². The van der Waals surface area contributed by atoms with E-state index in [1.807, 2.05) is 31.2 Å². The van der Waals surface area contributed by atoms with E-state index in [-0.39, 0.29) is 19.6 Å². The molecule has 2 aromatic rings. The molecule has 2 N–H and O–H groups in total. The molecule has 1 amide bonds. The molecule has 2 atom stereocenters. The number of aryl methyl sites for hydroxylation is 1. The minimum absolute atomic E-state index is 0.0368. The first kappa shape index (κ1) is 15.9. The number of rotatable bonds is 3. The van der Waals surface area contributed by atoms with Gasteiger partial charge in [-0.1, -0.05) is 18.2 Å². The van der Waals surface area contributed by atoms with Gasteiger partial charge in [0, 0.05) is 24.0 Å². The Bertz CT molecular complexity index is 724. The van der Waals surface area contributed by atoms with Crippen molar-refractivity contribution >= 4 is 16.9 Å². The van der Waals surface area contributed by atoms with Gasteiger partial charge in [0.15, 0.2) is 0 Å². The molecule has 124 valence electrons. The van der Waals surface area contributed by atoms with Crippen molar-refractivity contribution in [2.75, 3.05) is 13.1 Å². The first-order valence-electron chi connectivity index (χ1n) is 7.40. The summed E-state index contributed by atoms with van der Waals surface area (Å²) in [6.45, 7) is 1.77. The number of benzene rings is 1. The lowest BCUT2D eigenvalue weighted by Gasteiger charge is -2.20. The van der Waals surface area contributed by atoms with Crippen LogP contribution in [0.3, 0.4) is 0 Å². The van der Waals surface area contributed by atoms with Crippen molar-refractivity contribution in [3.8, 4) is 0 Å². The lowest BCUT2D eigenvalue weighted by Crippen LogP contribution is -2.39.